The number of aryl methyl sites for hydroxylation is 1. The van der Waals surface area contributed by atoms with Gasteiger partial charge in [-0.05, 0) is 30.4 Å². The Hall–Kier alpha value is -1.88. The molecule has 0 aromatic heterocycles. The van der Waals surface area contributed by atoms with E-state index in [0.717, 1.165) is 17.5 Å². The molecule has 0 spiro atoms. The molecule has 0 aliphatic carbocycles. The van der Waals surface area contributed by atoms with Gasteiger partial charge < -0.3 is 15.7 Å². The minimum absolute atomic E-state index is 0.00451. The maximum Gasteiger partial charge on any atom is 0.251 e. The molecule has 1 aromatic carbocycles. The van der Waals surface area contributed by atoms with E-state index in [4.69, 9.17) is 5.73 Å². The number of likely N-dealkylation sites (tertiary alicyclic amines) is 1. The van der Waals surface area contributed by atoms with Crippen molar-refractivity contribution in [2.24, 2.45) is 5.73 Å². The lowest BCUT2D eigenvalue weighted by atomic mass is 9.91. The molecule has 5 nitrogen and oxygen atoms in total. The monoisotopic (exact) mass is 290 g/mol. The summed E-state index contributed by atoms with van der Waals surface area (Å²) in [5.74, 6) is -0.829. The number of hydrogen-bond acceptors (Lipinski definition) is 3. The van der Waals surface area contributed by atoms with E-state index in [0.29, 0.717) is 25.8 Å². The Labute approximate surface area is 124 Å². The highest BCUT2D eigenvalue weighted by atomic mass is 16.3. The van der Waals surface area contributed by atoms with Crippen LogP contribution in [0.15, 0.2) is 24.3 Å². The molecule has 2 rings (SSSR count). The first-order valence-electron chi connectivity index (χ1n) is 7.33. The number of piperidine rings is 1. The highest BCUT2D eigenvalue weighted by Gasteiger charge is 2.40. The van der Waals surface area contributed by atoms with Crippen molar-refractivity contribution in [2.75, 3.05) is 13.1 Å². The number of primary amides is 1. The standard InChI is InChI=1S/C16H22N2O3/c1-2-12-6-3-4-7-13(12)10-14(19)18-9-5-8-16(21,11-18)15(17)20/h3-4,6-7,21H,2,5,8-11H2,1H3,(H2,17,20). The van der Waals surface area contributed by atoms with E-state index in [1.165, 1.54) is 0 Å². The molecule has 5 heteroatoms. The smallest absolute Gasteiger partial charge is 0.251 e. The summed E-state index contributed by atoms with van der Waals surface area (Å²) in [6.45, 7) is 2.61. The summed E-state index contributed by atoms with van der Waals surface area (Å²) in [5, 5.41) is 10.2. The lowest BCUT2D eigenvalue weighted by Gasteiger charge is -2.37. The molecule has 1 unspecified atom stereocenters. The number of amides is 2. The van der Waals surface area contributed by atoms with Gasteiger partial charge >= 0.3 is 0 Å². The molecule has 1 atom stereocenters. The second kappa shape index (κ2) is 6.26. The van der Waals surface area contributed by atoms with Gasteiger partial charge in [0, 0.05) is 6.54 Å². The number of benzene rings is 1. The van der Waals surface area contributed by atoms with Crippen molar-refractivity contribution in [1.29, 1.82) is 0 Å². The zero-order valence-electron chi connectivity index (χ0n) is 12.3. The average Bonchev–Trinajstić information content (AvgIpc) is 2.47. The molecular weight excluding hydrogens is 268 g/mol. The van der Waals surface area contributed by atoms with Crippen molar-refractivity contribution in [2.45, 2.75) is 38.2 Å². The van der Waals surface area contributed by atoms with E-state index in [2.05, 4.69) is 6.92 Å². The van der Waals surface area contributed by atoms with Gasteiger partial charge in [0.15, 0.2) is 5.60 Å². The number of β-amino-alcohol motifs (C(OH)–C–C–N with tert-alkyl or cyclic N) is 1. The fourth-order valence-electron chi connectivity index (χ4n) is 2.80. The number of aliphatic hydroxyl groups is 1. The van der Waals surface area contributed by atoms with Gasteiger partial charge in [-0.2, -0.15) is 0 Å². The van der Waals surface area contributed by atoms with E-state index < -0.39 is 11.5 Å². The summed E-state index contributed by atoms with van der Waals surface area (Å²) < 4.78 is 0. The highest BCUT2D eigenvalue weighted by molar-refractivity contribution is 5.85. The highest BCUT2D eigenvalue weighted by Crippen LogP contribution is 2.22. The second-order valence-corrected chi connectivity index (χ2v) is 5.61. The van der Waals surface area contributed by atoms with Crippen LogP contribution in [0.25, 0.3) is 0 Å². The first-order valence-corrected chi connectivity index (χ1v) is 7.33. The minimum atomic E-state index is -1.59. The Morgan fingerprint density at radius 2 is 2.00 bits per heavy atom. The Morgan fingerprint density at radius 1 is 1.33 bits per heavy atom. The van der Waals surface area contributed by atoms with Crippen LogP contribution in [0.2, 0.25) is 0 Å². The van der Waals surface area contributed by atoms with Crippen molar-refractivity contribution >= 4 is 11.8 Å². The van der Waals surface area contributed by atoms with Crippen LogP contribution in [0.4, 0.5) is 0 Å². The fourth-order valence-corrected chi connectivity index (χ4v) is 2.80. The summed E-state index contributed by atoms with van der Waals surface area (Å²) in [4.78, 5) is 25.3. The molecule has 1 saturated heterocycles. The molecule has 0 radical (unpaired) electrons. The maximum atomic E-state index is 12.4. The van der Waals surface area contributed by atoms with Crippen molar-refractivity contribution < 1.29 is 14.7 Å². The van der Waals surface area contributed by atoms with E-state index in [1.807, 2.05) is 24.3 Å². The summed E-state index contributed by atoms with van der Waals surface area (Å²) in [7, 11) is 0. The molecule has 2 amide bonds. The third-order valence-corrected chi connectivity index (χ3v) is 4.12. The molecule has 1 aliphatic rings. The Kier molecular flexibility index (Phi) is 4.63. The predicted molar refractivity (Wildman–Crippen MR) is 79.5 cm³/mol. The van der Waals surface area contributed by atoms with E-state index >= 15 is 0 Å². The van der Waals surface area contributed by atoms with Crippen LogP contribution in [-0.4, -0.2) is 40.5 Å². The lowest BCUT2D eigenvalue weighted by molar-refractivity contribution is -0.148. The van der Waals surface area contributed by atoms with Crippen LogP contribution >= 0.6 is 0 Å². The topological polar surface area (TPSA) is 83.6 Å². The van der Waals surface area contributed by atoms with Gasteiger partial charge in [-0.1, -0.05) is 31.2 Å². The van der Waals surface area contributed by atoms with Gasteiger partial charge in [-0.25, -0.2) is 0 Å². The summed E-state index contributed by atoms with van der Waals surface area (Å²) in [6, 6.07) is 7.83. The summed E-state index contributed by atoms with van der Waals surface area (Å²) in [6.07, 6.45) is 2.06. The molecule has 114 valence electrons. The number of carbonyl (C=O) groups is 2. The SMILES string of the molecule is CCc1ccccc1CC(=O)N1CCCC(O)(C(N)=O)C1. The molecule has 1 fully saturated rings. The van der Waals surface area contributed by atoms with Gasteiger partial charge in [0.25, 0.3) is 5.91 Å². The summed E-state index contributed by atoms with van der Waals surface area (Å²) >= 11 is 0. The van der Waals surface area contributed by atoms with Crippen LogP contribution in [0.1, 0.15) is 30.9 Å². The van der Waals surface area contributed by atoms with Gasteiger partial charge in [-0.3, -0.25) is 9.59 Å². The predicted octanol–water partition coefficient (Wildman–Crippen LogP) is 0.630. The van der Waals surface area contributed by atoms with Crippen LogP contribution in [0.3, 0.4) is 0 Å². The van der Waals surface area contributed by atoms with Crippen LogP contribution in [0.5, 0.6) is 0 Å². The average molecular weight is 290 g/mol. The van der Waals surface area contributed by atoms with Crippen molar-refractivity contribution in [3.8, 4) is 0 Å². The molecular formula is C16H22N2O3. The summed E-state index contributed by atoms with van der Waals surface area (Å²) in [5.41, 5.74) is 5.79. The Bertz CT molecular complexity index is 544. The molecule has 1 aliphatic heterocycles. The van der Waals surface area contributed by atoms with Crippen LogP contribution < -0.4 is 5.73 Å². The first kappa shape index (κ1) is 15.5. The van der Waals surface area contributed by atoms with Crippen LogP contribution in [-0.2, 0) is 22.4 Å². The van der Waals surface area contributed by atoms with Crippen molar-refractivity contribution in [3.05, 3.63) is 35.4 Å². The van der Waals surface area contributed by atoms with Crippen LogP contribution in [0, 0.1) is 0 Å². The molecule has 1 aromatic rings. The lowest BCUT2D eigenvalue weighted by Crippen LogP contribution is -2.57. The van der Waals surface area contributed by atoms with Gasteiger partial charge in [0.2, 0.25) is 5.91 Å². The normalized spacial score (nSPS) is 22.1. The van der Waals surface area contributed by atoms with E-state index in [9.17, 15) is 14.7 Å². The third kappa shape index (κ3) is 3.42. The van der Waals surface area contributed by atoms with Crippen molar-refractivity contribution in [3.63, 3.8) is 0 Å². The molecule has 21 heavy (non-hydrogen) atoms. The molecule has 3 N–H and O–H groups in total. The zero-order chi connectivity index (χ0) is 15.5. The van der Waals surface area contributed by atoms with E-state index in [1.54, 1.807) is 4.90 Å². The molecule has 1 heterocycles. The largest absolute Gasteiger partial charge is 0.378 e. The number of nitrogens with zero attached hydrogens (tertiary/aromatic N) is 1. The zero-order valence-corrected chi connectivity index (χ0v) is 12.3. The van der Waals surface area contributed by atoms with Crippen molar-refractivity contribution in [1.82, 2.24) is 4.90 Å². The maximum absolute atomic E-state index is 12.4. The quantitative estimate of drug-likeness (QED) is 0.853. The minimum Gasteiger partial charge on any atom is -0.378 e. The molecule has 0 bridgehead atoms. The second-order valence-electron chi connectivity index (χ2n) is 5.61. The number of carbonyl (C=O) groups excluding carboxylic acids is 2. The Morgan fingerprint density at radius 3 is 2.62 bits per heavy atom. The van der Waals surface area contributed by atoms with E-state index in [-0.39, 0.29) is 12.5 Å². The van der Waals surface area contributed by atoms with Gasteiger partial charge in [0.05, 0.1) is 13.0 Å². The van der Waals surface area contributed by atoms with Gasteiger partial charge in [0.1, 0.15) is 0 Å². The number of nitrogens with two attached hydrogens (primary N) is 1. The Balaban J connectivity index is 2.08. The number of hydrogen-bond donors (Lipinski definition) is 2. The first-order chi connectivity index (χ1) is 9.96. The van der Waals surface area contributed by atoms with Gasteiger partial charge in [-0.15, -0.1) is 0 Å². The molecule has 0 saturated carbocycles. The number of rotatable bonds is 4. The third-order valence-electron chi connectivity index (χ3n) is 4.12. The fraction of sp³-hybridized carbons (Fsp3) is 0.500.